The summed E-state index contributed by atoms with van der Waals surface area (Å²) in [4.78, 5) is 25.8. The van der Waals surface area contributed by atoms with E-state index in [4.69, 9.17) is 4.42 Å². The van der Waals surface area contributed by atoms with E-state index in [9.17, 15) is 9.59 Å². The zero-order chi connectivity index (χ0) is 19.1. The molecule has 138 valence electrons. The molecule has 0 aliphatic heterocycles. The van der Waals surface area contributed by atoms with Crippen LogP contribution in [0.4, 0.5) is 5.69 Å². The van der Waals surface area contributed by atoms with Gasteiger partial charge in [0.1, 0.15) is 11.5 Å². The first-order valence-electron chi connectivity index (χ1n) is 8.85. The lowest BCUT2D eigenvalue weighted by atomic mass is 10.2. The van der Waals surface area contributed by atoms with Crippen molar-refractivity contribution in [3.8, 4) is 11.3 Å². The van der Waals surface area contributed by atoms with Crippen molar-refractivity contribution in [1.82, 2.24) is 4.90 Å². The van der Waals surface area contributed by atoms with Gasteiger partial charge in [-0.25, -0.2) is 0 Å². The Bertz CT molecular complexity index is 888. The molecule has 27 heavy (non-hydrogen) atoms. The lowest BCUT2D eigenvalue weighted by Gasteiger charge is -2.16. The lowest BCUT2D eigenvalue weighted by molar-refractivity contribution is -0.133. The molecule has 2 amide bonds. The Morgan fingerprint density at radius 3 is 2.30 bits per heavy atom. The van der Waals surface area contributed by atoms with Crippen molar-refractivity contribution < 1.29 is 14.0 Å². The molecule has 0 bridgehead atoms. The Hall–Kier alpha value is -3.34. The average Bonchev–Trinajstić information content (AvgIpc) is 3.16. The van der Waals surface area contributed by atoms with Gasteiger partial charge in [-0.3, -0.25) is 9.59 Å². The molecule has 3 rings (SSSR count). The molecule has 0 spiro atoms. The largest absolute Gasteiger partial charge is 0.461 e. The maximum absolute atomic E-state index is 12.3. The lowest BCUT2D eigenvalue weighted by Crippen LogP contribution is -2.35. The van der Waals surface area contributed by atoms with Crippen LogP contribution in [0, 0.1) is 0 Å². The Labute approximate surface area is 158 Å². The second-order valence-electron chi connectivity index (χ2n) is 6.30. The zero-order valence-electron chi connectivity index (χ0n) is 15.2. The van der Waals surface area contributed by atoms with Crippen LogP contribution in [0.1, 0.15) is 12.2 Å². The van der Waals surface area contributed by atoms with Gasteiger partial charge in [-0.2, -0.15) is 0 Å². The molecule has 0 aliphatic carbocycles. The number of carbonyl (C=O) groups is 2. The number of rotatable bonds is 7. The van der Waals surface area contributed by atoms with E-state index >= 15 is 0 Å². The third-order valence-corrected chi connectivity index (χ3v) is 4.17. The zero-order valence-corrected chi connectivity index (χ0v) is 15.2. The first-order valence-corrected chi connectivity index (χ1v) is 8.85. The van der Waals surface area contributed by atoms with Gasteiger partial charge < -0.3 is 14.6 Å². The fraction of sp³-hybridized carbons (Fsp3) is 0.182. The highest BCUT2D eigenvalue weighted by Crippen LogP contribution is 2.22. The van der Waals surface area contributed by atoms with Crippen LogP contribution in [-0.4, -0.2) is 30.3 Å². The summed E-state index contributed by atoms with van der Waals surface area (Å²) in [6.07, 6.45) is 0.785. The van der Waals surface area contributed by atoms with Crippen LogP contribution < -0.4 is 5.32 Å². The van der Waals surface area contributed by atoms with Crippen molar-refractivity contribution in [1.29, 1.82) is 0 Å². The monoisotopic (exact) mass is 362 g/mol. The number of nitrogens with zero attached hydrogens (tertiary/aromatic N) is 1. The normalized spacial score (nSPS) is 10.4. The second kappa shape index (κ2) is 8.85. The van der Waals surface area contributed by atoms with E-state index in [1.807, 2.05) is 60.7 Å². The van der Waals surface area contributed by atoms with Gasteiger partial charge in [0.05, 0.1) is 6.54 Å². The molecule has 0 saturated carbocycles. The van der Waals surface area contributed by atoms with Crippen molar-refractivity contribution in [3.63, 3.8) is 0 Å². The van der Waals surface area contributed by atoms with Gasteiger partial charge in [-0.05, 0) is 24.3 Å². The smallest absolute Gasteiger partial charge is 0.243 e. The number of hydrogen-bond acceptors (Lipinski definition) is 3. The van der Waals surface area contributed by atoms with Gasteiger partial charge in [0, 0.05) is 31.1 Å². The quantitative estimate of drug-likeness (QED) is 0.692. The van der Waals surface area contributed by atoms with Crippen molar-refractivity contribution in [2.45, 2.75) is 12.8 Å². The highest BCUT2D eigenvalue weighted by atomic mass is 16.3. The maximum Gasteiger partial charge on any atom is 0.243 e. The Morgan fingerprint density at radius 1 is 0.926 bits per heavy atom. The van der Waals surface area contributed by atoms with Crippen molar-refractivity contribution in [2.24, 2.45) is 0 Å². The standard InChI is InChI=1S/C22H22N2O3/c1-24(16-21(25)23-18-10-6-3-7-11-18)22(26)15-13-19-12-14-20(27-19)17-8-4-2-5-9-17/h2-12,14H,13,15-16H2,1H3,(H,23,25). The fourth-order valence-corrected chi connectivity index (χ4v) is 2.72. The second-order valence-corrected chi connectivity index (χ2v) is 6.30. The number of hydrogen-bond donors (Lipinski definition) is 1. The molecule has 0 atom stereocenters. The minimum absolute atomic E-state index is 0.0150. The summed E-state index contributed by atoms with van der Waals surface area (Å²) < 4.78 is 5.81. The van der Waals surface area contributed by atoms with Crippen LogP contribution in [-0.2, 0) is 16.0 Å². The van der Waals surface area contributed by atoms with Crippen LogP contribution in [0.5, 0.6) is 0 Å². The number of nitrogens with one attached hydrogen (secondary N) is 1. The number of furan rings is 1. The predicted octanol–water partition coefficient (Wildman–Crippen LogP) is 3.98. The van der Waals surface area contributed by atoms with Crippen LogP contribution in [0.3, 0.4) is 0 Å². The fourth-order valence-electron chi connectivity index (χ4n) is 2.72. The highest BCUT2D eigenvalue weighted by molar-refractivity contribution is 5.94. The Kier molecular flexibility index (Phi) is 6.05. The van der Waals surface area contributed by atoms with Gasteiger partial charge in [-0.15, -0.1) is 0 Å². The Balaban J connectivity index is 1.47. The van der Waals surface area contributed by atoms with Crippen LogP contribution in [0.25, 0.3) is 11.3 Å². The molecule has 0 fully saturated rings. The summed E-state index contributed by atoms with van der Waals surface area (Å²) >= 11 is 0. The van der Waals surface area contributed by atoms with E-state index in [0.29, 0.717) is 12.1 Å². The molecule has 1 heterocycles. The number of anilines is 1. The summed E-state index contributed by atoms with van der Waals surface area (Å²) in [5.41, 5.74) is 1.72. The molecule has 3 aromatic rings. The molecule has 0 aliphatic rings. The molecule has 5 nitrogen and oxygen atoms in total. The van der Waals surface area contributed by atoms with E-state index < -0.39 is 0 Å². The van der Waals surface area contributed by atoms with Gasteiger partial charge >= 0.3 is 0 Å². The molecule has 5 heteroatoms. The molecule has 0 unspecified atom stereocenters. The topological polar surface area (TPSA) is 62.6 Å². The number of para-hydroxylation sites is 1. The van der Waals surface area contributed by atoms with Crippen molar-refractivity contribution >= 4 is 17.5 Å². The first-order chi connectivity index (χ1) is 13.1. The molecule has 1 aromatic heterocycles. The number of benzene rings is 2. The minimum Gasteiger partial charge on any atom is -0.461 e. The third-order valence-electron chi connectivity index (χ3n) is 4.17. The summed E-state index contributed by atoms with van der Waals surface area (Å²) in [7, 11) is 1.63. The van der Waals surface area contributed by atoms with Crippen molar-refractivity contribution in [3.05, 3.63) is 78.6 Å². The summed E-state index contributed by atoms with van der Waals surface area (Å²) in [5, 5.41) is 2.77. The molecular weight excluding hydrogens is 340 g/mol. The average molecular weight is 362 g/mol. The molecule has 2 aromatic carbocycles. The van der Waals surface area contributed by atoms with Gasteiger partial charge in [0.25, 0.3) is 0 Å². The van der Waals surface area contributed by atoms with Gasteiger partial charge in [-0.1, -0.05) is 48.5 Å². The third kappa shape index (κ3) is 5.31. The first kappa shape index (κ1) is 18.5. The number of aryl methyl sites for hydroxylation is 1. The molecule has 0 saturated heterocycles. The maximum atomic E-state index is 12.3. The van der Waals surface area contributed by atoms with E-state index in [1.54, 1.807) is 19.2 Å². The van der Waals surface area contributed by atoms with Gasteiger partial charge in [0.2, 0.25) is 11.8 Å². The predicted molar refractivity (Wildman–Crippen MR) is 105 cm³/mol. The SMILES string of the molecule is CN(CC(=O)Nc1ccccc1)C(=O)CCc1ccc(-c2ccccc2)o1. The van der Waals surface area contributed by atoms with Crippen molar-refractivity contribution in [2.75, 3.05) is 18.9 Å². The van der Waals surface area contributed by atoms with E-state index in [-0.39, 0.29) is 24.8 Å². The number of amides is 2. The van der Waals surface area contributed by atoms with Crippen LogP contribution in [0.15, 0.2) is 77.2 Å². The van der Waals surface area contributed by atoms with E-state index in [2.05, 4.69) is 5.32 Å². The summed E-state index contributed by atoms with van der Waals surface area (Å²) in [6.45, 7) is 0.0150. The number of likely N-dealkylation sites (N-methyl/N-ethyl adjacent to an activating group) is 1. The summed E-state index contributed by atoms with van der Waals surface area (Å²) in [5.74, 6) is 1.22. The van der Waals surface area contributed by atoms with Gasteiger partial charge in [0.15, 0.2) is 0 Å². The summed E-state index contributed by atoms with van der Waals surface area (Å²) in [6, 6.07) is 22.8. The highest BCUT2D eigenvalue weighted by Gasteiger charge is 2.14. The van der Waals surface area contributed by atoms with Crippen LogP contribution in [0.2, 0.25) is 0 Å². The van der Waals surface area contributed by atoms with E-state index in [1.165, 1.54) is 4.90 Å². The number of carbonyl (C=O) groups excluding carboxylic acids is 2. The minimum atomic E-state index is -0.221. The van der Waals surface area contributed by atoms with Crippen LogP contribution >= 0.6 is 0 Å². The van der Waals surface area contributed by atoms with E-state index in [0.717, 1.165) is 17.1 Å². The molecule has 1 N–H and O–H groups in total. The molecular formula is C22H22N2O3. The molecule has 0 radical (unpaired) electrons. The Morgan fingerprint density at radius 2 is 1.59 bits per heavy atom.